The van der Waals surface area contributed by atoms with Gasteiger partial charge in [0.05, 0.1) is 21.5 Å². The molecule has 0 radical (unpaired) electrons. The molecule has 0 aromatic heterocycles. The van der Waals surface area contributed by atoms with Crippen molar-refractivity contribution in [1.29, 1.82) is 0 Å². The highest BCUT2D eigenvalue weighted by Gasteiger charge is 2.37. The van der Waals surface area contributed by atoms with Crippen LogP contribution in [0.4, 0.5) is 0 Å². The number of ether oxygens (including phenoxy) is 2. The monoisotopic (exact) mass is 644 g/mol. The van der Waals surface area contributed by atoms with Gasteiger partial charge in [-0.25, -0.2) is 0 Å². The fourth-order valence-corrected chi connectivity index (χ4v) is 11.1. The van der Waals surface area contributed by atoms with Crippen LogP contribution in [-0.2, 0) is 20.5 Å². The van der Waals surface area contributed by atoms with E-state index in [0.29, 0.717) is 19.8 Å². The van der Waals surface area contributed by atoms with Gasteiger partial charge in [0, 0.05) is 13.2 Å². The van der Waals surface area contributed by atoms with E-state index >= 15 is 0 Å². The Hall–Kier alpha value is -2.24. The summed E-state index contributed by atoms with van der Waals surface area (Å²) < 4.78 is 20.0. The quantitative estimate of drug-likeness (QED) is 0.0678. The summed E-state index contributed by atoms with van der Waals surface area (Å²) in [5.74, 6) is 0. The van der Waals surface area contributed by atoms with Crippen LogP contribution < -0.4 is 10.4 Å². The largest absolute Gasteiger partial charge is 0.556 e. The molecule has 0 fully saturated rings. The molecule has 0 saturated heterocycles. The summed E-state index contributed by atoms with van der Waals surface area (Å²) in [6.07, 6.45) is 18.9. The second kappa shape index (κ2) is 22.3. The van der Waals surface area contributed by atoms with Crippen LogP contribution in [0.15, 0.2) is 91.0 Å². The molecular weight excluding hydrogens is 581 g/mol. The van der Waals surface area contributed by atoms with E-state index in [9.17, 15) is 0 Å². The molecule has 3 rings (SSSR count). The number of hydrogen-bond acceptors (Lipinski definition) is 3. The topological polar surface area (TPSA) is 27.7 Å². The van der Waals surface area contributed by atoms with Crippen molar-refractivity contribution in [3.63, 3.8) is 0 Å². The molecule has 3 aromatic carbocycles. The van der Waals surface area contributed by atoms with Crippen molar-refractivity contribution in [2.75, 3.05) is 19.8 Å². The molecule has 0 amide bonds. The number of unbranched alkanes of at least 4 members (excludes halogenated alkanes) is 13. The minimum absolute atomic E-state index is 0.0697. The minimum atomic E-state index is -2.64. The average Bonchev–Trinajstić information content (AvgIpc) is 3.07. The number of rotatable bonds is 25. The average molecular weight is 645 g/mol. The first-order valence-electron chi connectivity index (χ1n) is 18.5. The predicted molar refractivity (Wildman–Crippen MR) is 200 cm³/mol. The first-order valence-corrected chi connectivity index (χ1v) is 20.4. The Bertz CT molecular complexity index is 1090. The van der Waals surface area contributed by atoms with Gasteiger partial charge in [0.1, 0.15) is 6.10 Å². The van der Waals surface area contributed by atoms with Crippen LogP contribution in [0.25, 0.3) is 0 Å². The first kappa shape index (κ1) is 38.2. The molecule has 255 valence electrons. The molecule has 0 heterocycles. The van der Waals surface area contributed by atoms with Crippen molar-refractivity contribution >= 4 is 18.7 Å². The second-order valence-corrected chi connectivity index (χ2v) is 18.4. The highest BCUT2D eigenvalue weighted by atomic mass is 28.4. The van der Waals surface area contributed by atoms with Crippen molar-refractivity contribution in [2.45, 2.75) is 135 Å². The molecule has 0 bridgehead atoms. The summed E-state index contributed by atoms with van der Waals surface area (Å²) >= 11 is 0. The molecule has 0 aliphatic rings. The van der Waals surface area contributed by atoms with E-state index in [0.717, 1.165) is 13.0 Å². The normalized spacial score (nSPS) is 12.8. The van der Waals surface area contributed by atoms with Crippen molar-refractivity contribution in [1.82, 2.24) is 0 Å². The molecule has 4 heteroatoms. The third-order valence-corrected chi connectivity index (χ3v) is 14.2. The van der Waals surface area contributed by atoms with Gasteiger partial charge in [0.25, 0.3) is 0 Å². The third-order valence-electron chi connectivity index (χ3n) is 9.17. The molecule has 1 atom stereocenters. The van der Waals surface area contributed by atoms with Gasteiger partial charge in [-0.1, -0.05) is 202 Å². The van der Waals surface area contributed by atoms with Crippen LogP contribution in [0.2, 0.25) is 5.04 Å². The Morgan fingerprint density at radius 2 is 0.978 bits per heavy atom. The van der Waals surface area contributed by atoms with Gasteiger partial charge >= 0.3 is 0 Å². The Morgan fingerprint density at radius 1 is 0.543 bits per heavy atom. The van der Waals surface area contributed by atoms with E-state index < -0.39 is 8.32 Å². The van der Waals surface area contributed by atoms with Crippen LogP contribution in [0.3, 0.4) is 0 Å². The first-order chi connectivity index (χ1) is 22.5. The maximum Gasteiger partial charge on any atom is 0.100 e. The van der Waals surface area contributed by atoms with Crippen molar-refractivity contribution in [3.05, 3.63) is 96.6 Å². The van der Waals surface area contributed by atoms with Gasteiger partial charge in [-0.2, -0.15) is 10.4 Å². The van der Waals surface area contributed by atoms with E-state index in [4.69, 9.17) is 13.9 Å². The van der Waals surface area contributed by atoms with Crippen LogP contribution in [-0.4, -0.2) is 34.2 Å². The summed E-state index contributed by atoms with van der Waals surface area (Å²) in [4.78, 5) is 0. The van der Waals surface area contributed by atoms with Gasteiger partial charge in [0.15, 0.2) is 0 Å². The van der Waals surface area contributed by atoms with E-state index in [1.165, 1.54) is 99.4 Å². The van der Waals surface area contributed by atoms with Crippen molar-refractivity contribution in [3.8, 4) is 0 Å². The fraction of sp³-hybridized carbons (Fsp3) is 0.571. The van der Waals surface area contributed by atoms with Crippen LogP contribution in [0, 0.1) is 0 Å². The summed E-state index contributed by atoms with van der Waals surface area (Å²) in [7, 11) is -2.64. The van der Waals surface area contributed by atoms with Gasteiger partial charge < -0.3 is 13.9 Å². The highest BCUT2D eigenvalue weighted by molar-refractivity contribution is 6.99. The third kappa shape index (κ3) is 13.5. The standard InChI is InChI=1S/C42H64O3Si/c1-5-6-7-8-9-10-11-12-13-14-15-16-17-27-34-44-39(36-43-35-38-28-21-18-22-29-38)37-45-46(42(2,3)4,40-30-23-19-24-31-40)41-32-25-20-26-33-41/h18-26,28-33,39H,5-17,27,34-37H2,1-4H3/q-1/t39-/m1/s1. The van der Waals surface area contributed by atoms with Gasteiger partial charge in [-0.05, 0) is 12.0 Å². The Kier molecular flexibility index (Phi) is 18.6. The SMILES string of the molecule is CCCCCCCCCCCCCCCCO[C@H](COCc1ccccc1)CO[Si-](c1ccccc1)(c1ccccc1)C(C)(C)C. The molecule has 0 N–H and O–H groups in total. The zero-order valence-corrected chi connectivity index (χ0v) is 30.7. The maximum absolute atomic E-state index is 7.24. The Labute approximate surface area is 283 Å². The molecule has 0 saturated carbocycles. The number of benzene rings is 3. The van der Waals surface area contributed by atoms with Crippen LogP contribution in [0.1, 0.15) is 123 Å². The summed E-state index contributed by atoms with van der Waals surface area (Å²) in [6.45, 7) is 11.6. The van der Waals surface area contributed by atoms with Gasteiger partial charge in [-0.3, -0.25) is 0 Å². The maximum atomic E-state index is 7.24. The smallest absolute Gasteiger partial charge is 0.100 e. The predicted octanol–water partition coefficient (Wildman–Crippen LogP) is 10.6. The zero-order valence-electron chi connectivity index (χ0n) is 29.7. The lowest BCUT2D eigenvalue weighted by atomic mass is 10.0. The Morgan fingerprint density at radius 3 is 1.43 bits per heavy atom. The van der Waals surface area contributed by atoms with Crippen LogP contribution >= 0.6 is 0 Å². The fourth-order valence-electron chi connectivity index (χ4n) is 6.55. The molecule has 3 aromatic rings. The summed E-state index contributed by atoms with van der Waals surface area (Å²) in [5.41, 5.74) is 1.18. The minimum Gasteiger partial charge on any atom is -0.556 e. The molecule has 0 aliphatic heterocycles. The molecular formula is C42H64O3Si-. The molecule has 46 heavy (non-hydrogen) atoms. The van der Waals surface area contributed by atoms with E-state index in [-0.39, 0.29) is 11.1 Å². The van der Waals surface area contributed by atoms with Crippen molar-refractivity contribution < 1.29 is 13.9 Å². The molecule has 0 aliphatic carbocycles. The lowest BCUT2D eigenvalue weighted by Gasteiger charge is -2.56. The van der Waals surface area contributed by atoms with E-state index in [1.807, 2.05) is 6.07 Å². The second-order valence-electron chi connectivity index (χ2n) is 14.1. The highest BCUT2D eigenvalue weighted by Crippen LogP contribution is 2.37. The van der Waals surface area contributed by atoms with Crippen molar-refractivity contribution in [2.24, 2.45) is 0 Å². The summed E-state index contributed by atoms with van der Waals surface area (Å²) in [6, 6.07) is 32.2. The molecule has 0 spiro atoms. The van der Waals surface area contributed by atoms with Gasteiger partial charge in [0.2, 0.25) is 0 Å². The van der Waals surface area contributed by atoms with E-state index in [2.05, 4.69) is 113 Å². The molecule has 3 nitrogen and oxygen atoms in total. The lowest BCUT2D eigenvalue weighted by molar-refractivity contribution is -0.0441. The summed E-state index contributed by atoms with van der Waals surface area (Å²) in [5, 5.41) is 2.52. The lowest BCUT2D eigenvalue weighted by Crippen LogP contribution is -2.67. The van der Waals surface area contributed by atoms with Gasteiger partial charge in [-0.15, -0.1) is 5.04 Å². The molecule has 0 unspecified atom stereocenters. The van der Waals surface area contributed by atoms with Crippen LogP contribution in [0.5, 0.6) is 0 Å². The Balaban J connectivity index is 1.51. The van der Waals surface area contributed by atoms with E-state index in [1.54, 1.807) is 0 Å². The zero-order chi connectivity index (χ0) is 32.8. The number of hydrogen-bond donors (Lipinski definition) is 0.